The molecule has 9 heteroatoms. The molecule has 3 aromatic rings. The smallest absolute Gasteiger partial charge is 0.422 e. The highest BCUT2D eigenvalue weighted by atomic mass is 35.5. The SMILES string of the molecule is COc1ccc(Cl)cc1C(C)(C)CC(O)(C=Nc1cccc2c[n+]([O-])ccc12)C(F)(F)F. The van der Waals surface area contributed by atoms with E-state index < -0.39 is 23.6 Å². The van der Waals surface area contributed by atoms with E-state index >= 15 is 0 Å². The summed E-state index contributed by atoms with van der Waals surface area (Å²) in [7, 11) is 1.41. The molecule has 1 N–H and O–H groups in total. The van der Waals surface area contributed by atoms with Crippen molar-refractivity contribution in [1.82, 2.24) is 0 Å². The first-order chi connectivity index (χ1) is 14.9. The molecule has 0 aliphatic heterocycles. The molecule has 0 saturated carbocycles. The number of hydrogen-bond donors (Lipinski definition) is 1. The number of methoxy groups -OCH3 is 1. The van der Waals surface area contributed by atoms with Crippen molar-refractivity contribution in [3.63, 3.8) is 0 Å². The van der Waals surface area contributed by atoms with E-state index in [4.69, 9.17) is 16.3 Å². The van der Waals surface area contributed by atoms with E-state index in [2.05, 4.69) is 4.99 Å². The molecule has 1 atom stereocenters. The molecule has 170 valence electrons. The number of benzene rings is 2. The maximum Gasteiger partial charge on any atom is 0.422 e. The zero-order valence-electron chi connectivity index (χ0n) is 17.7. The fraction of sp³-hybridized carbons (Fsp3) is 0.304. The summed E-state index contributed by atoms with van der Waals surface area (Å²) in [6, 6.07) is 10.9. The molecule has 0 bridgehead atoms. The van der Waals surface area contributed by atoms with E-state index in [0.29, 0.717) is 38.1 Å². The van der Waals surface area contributed by atoms with Gasteiger partial charge in [0.2, 0.25) is 0 Å². The Morgan fingerprint density at radius 3 is 2.56 bits per heavy atom. The Labute approximate surface area is 188 Å². The third-order valence-electron chi connectivity index (χ3n) is 5.28. The minimum Gasteiger partial charge on any atom is -0.619 e. The number of aliphatic hydroxyl groups is 1. The first kappa shape index (κ1) is 23.8. The van der Waals surface area contributed by atoms with E-state index in [1.54, 1.807) is 38.1 Å². The number of rotatable bonds is 6. The molecule has 0 aliphatic carbocycles. The third-order valence-corrected chi connectivity index (χ3v) is 5.52. The van der Waals surface area contributed by atoms with Gasteiger partial charge < -0.3 is 15.1 Å². The largest absolute Gasteiger partial charge is 0.619 e. The van der Waals surface area contributed by atoms with Gasteiger partial charge in [-0.2, -0.15) is 17.9 Å². The Bertz CT molecular complexity index is 1160. The molecule has 0 amide bonds. The van der Waals surface area contributed by atoms with Crippen LogP contribution in [0.3, 0.4) is 0 Å². The fourth-order valence-electron chi connectivity index (χ4n) is 3.68. The lowest BCUT2D eigenvalue weighted by Gasteiger charge is -2.36. The molecule has 5 nitrogen and oxygen atoms in total. The molecule has 0 radical (unpaired) electrons. The van der Waals surface area contributed by atoms with Crippen molar-refractivity contribution in [1.29, 1.82) is 0 Å². The van der Waals surface area contributed by atoms with Crippen LogP contribution < -0.4 is 9.47 Å². The summed E-state index contributed by atoms with van der Waals surface area (Å²) in [4.78, 5) is 3.98. The highest BCUT2D eigenvalue weighted by Gasteiger charge is 2.55. The van der Waals surface area contributed by atoms with Crippen LogP contribution in [0.5, 0.6) is 5.75 Å². The first-order valence-corrected chi connectivity index (χ1v) is 10.0. The van der Waals surface area contributed by atoms with Gasteiger partial charge in [0.15, 0.2) is 18.0 Å². The average Bonchev–Trinajstić information content (AvgIpc) is 2.70. The van der Waals surface area contributed by atoms with Crippen molar-refractivity contribution in [2.24, 2.45) is 4.99 Å². The highest BCUT2D eigenvalue weighted by molar-refractivity contribution is 6.30. The van der Waals surface area contributed by atoms with Gasteiger partial charge in [-0.05, 0) is 42.2 Å². The highest BCUT2D eigenvalue weighted by Crippen LogP contribution is 2.43. The van der Waals surface area contributed by atoms with Crippen LogP contribution in [-0.4, -0.2) is 30.2 Å². The number of halogens is 4. The first-order valence-electron chi connectivity index (χ1n) is 9.66. The summed E-state index contributed by atoms with van der Waals surface area (Å²) in [5.74, 6) is 0.362. The summed E-state index contributed by atoms with van der Waals surface area (Å²) in [6.07, 6.45) is -2.69. The van der Waals surface area contributed by atoms with E-state index in [1.807, 2.05) is 0 Å². The lowest BCUT2D eigenvalue weighted by molar-refractivity contribution is -0.603. The second-order valence-electron chi connectivity index (χ2n) is 8.17. The van der Waals surface area contributed by atoms with Crippen LogP contribution in [0.25, 0.3) is 10.8 Å². The van der Waals surface area contributed by atoms with Crippen LogP contribution in [0.4, 0.5) is 18.9 Å². The van der Waals surface area contributed by atoms with Crippen LogP contribution in [0.15, 0.2) is 59.9 Å². The van der Waals surface area contributed by atoms with Gasteiger partial charge in [0.1, 0.15) is 5.75 Å². The average molecular weight is 467 g/mol. The lowest BCUT2D eigenvalue weighted by atomic mass is 9.75. The number of alkyl halides is 3. The lowest BCUT2D eigenvalue weighted by Crippen LogP contribution is -2.50. The van der Waals surface area contributed by atoms with Gasteiger partial charge in [0.05, 0.1) is 12.8 Å². The number of pyridine rings is 1. The van der Waals surface area contributed by atoms with Gasteiger partial charge >= 0.3 is 6.18 Å². The van der Waals surface area contributed by atoms with E-state index in [9.17, 15) is 23.5 Å². The Hall–Kier alpha value is -2.84. The van der Waals surface area contributed by atoms with Crippen LogP contribution >= 0.6 is 11.6 Å². The van der Waals surface area contributed by atoms with Crippen molar-refractivity contribution in [3.8, 4) is 5.75 Å². The Kier molecular flexibility index (Phi) is 6.40. The molecule has 1 aromatic heterocycles. The summed E-state index contributed by atoms with van der Waals surface area (Å²) in [5, 5.41) is 23.6. The van der Waals surface area contributed by atoms with Gasteiger partial charge in [0, 0.05) is 33.6 Å². The van der Waals surface area contributed by atoms with Crippen molar-refractivity contribution >= 4 is 34.3 Å². The quantitative estimate of drug-likeness (QED) is 0.296. The maximum atomic E-state index is 14.0. The molecule has 32 heavy (non-hydrogen) atoms. The molecule has 0 fully saturated rings. The van der Waals surface area contributed by atoms with Crippen LogP contribution in [0.1, 0.15) is 25.8 Å². The molecule has 0 saturated heterocycles. The van der Waals surface area contributed by atoms with Crippen LogP contribution in [-0.2, 0) is 5.41 Å². The molecule has 3 rings (SSSR count). The molecule has 1 heterocycles. The third kappa shape index (κ3) is 4.81. The summed E-state index contributed by atoms with van der Waals surface area (Å²) < 4.78 is 48.0. The van der Waals surface area contributed by atoms with Crippen LogP contribution in [0.2, 0.25) is 5.02 Å². The molecule has 0 aliphatic rings. The number of nitrogens with zero attached hydrogens (tertiary/aromatic N) is 2. The number of ether oxygens (including phenoxy) is 1. The van der Waals surface area contributed by atoms with Gasteiger partial charge in [-0.15, -0.1) is 0 Å². The van der Waals surface area contributed by atoms with Gasteiger partial charge in [-0.1, -0.05) is 31.5 Å². The predicted molar refractivity (Wildman–Crippen MR) is 118 cm³/mol. The molecule has 2 aromatic carbocycles. The normalized spacial score (nSPS) is 14.6. The van der Waals surface area contributed by atoms with Crippen molar-refractivity contribution in [3.05, 3.63) is 70.7 Å². The Balaban J connectivity index is 2.04. The van der Waals surface area contributed by atoms with Gasteiger partial charge in [0.25, 0.3) is 0 Å². The molecular weight excluding hydrogens is 445 g/mol. The Morgan fingerprint density at radius 1 is 1.19 bits per heavy atom. The molecule has 0 spiro atoms. The zero-order chi connectivity index (χ0) is 23.7. The topological polar surface area (TPSA) is 68.8 Å². The van der Waals surface area contributed by atoms with Crippen molar-refractivity contribution in [2.75, 3.05) is 7.11 Å². The summed E-state index contributed by atoms with van der Waals surface area (Å²) in [6.45, 7) is 3.13. The second-order valence-corrected chi connectivity index (χ2v) is 8.61. The van der Waals surface area contributed by atoms with E-state index in [-0.39, 0.29) is 5.69 Å². The van der Waals surface area contributed by atoms with Crippen LogP contribution in [0, 0.1) is 5.21 Å². The predicted octanol–water partition coefficient (Wildman–Crippen LogP) is 5.50. The van der Waals surface area contributed by atoms with Crippen molar-refractivity contribution < 1.29 is 27.7 Å². The Morgan fingerprint density at radius 2 is 1.91 bits per heavy atom. The van der Waals surface area contributed by atoms with Gasteiger partial charge in [-0.25, -0.2) is 0 Å². The number of fused-ring (bicyclic) bond motifs is 1. The second kappa shape index (κ2) is 8.60. The maximum absolute atomic E-state index is 14.0. The summed E-state index contributed by atoms with van der Waals surface area (Å²) >= 11 is 6.06. The summed E-state index contributed by atoms with van der Waals surface area (Å²) in [5.41, 5.74) is -3.80. The standard InChI is InChI=1S/C23H22ClF3N2O3/c1-21(2,18-11-16(24)7-8-20(18)32-3)13-22(30,23(25,26)27)14-28-19-6-4-5-15-12-29(31)10-9-17(15)19/h4-12,14,30H,13H2,1-3H3. The molecular formula is C23H22ClF3N2O3. The van der Waals surface area contributed by atoms with E-state index in [0.717, 1.165) is 0 Å². The van der Waals surface area contributed by atoms with Crippen molar-refractivity contribution in [2.45, 2.75) is 37.5 Å². The minimum absolute atomic E-state index is 0.198. The van der Waals surface area contributed by atoms with E-state index in [1.165, 1.54) is 37.7 Å². The number of aromatic nitrogens is 1. The number of hydrogen-bond acceptors (Lipinski definition) is 4. The zero-order valence-corrected chi connectivity index (χ0v) is 18.4. The number of aliphatic imine (C=N–C) groups is 1. The molecule has 1 unspecified atom stereocenters. The minimum atomic E-state index is -5.00. The fourth-order valence-corrected chi connectivity index (χ4v) is 3.85. The van der Waals surface area contributed by atoms with Gasteiger partial charge in [-0.3, -0.25) is 4.99 Å². The monoisotopic (exact) mass is 466 g/mol.